The van der Waals surface area contributed by atoms with Gasteiger partial charge in [-0.15, -0.1) is 0 Å². The summed E-state index contributed by atoms with van der Waals surface area (Å²) >= 11 is 4.11. The lowest BCUT2D eigenvalue weighted by atomic mass is 10.2. The van der Waals surface area contributed by atoms with Crippen molar-refractivity contribution in [2.24, 2.45) is 0 Å². The smallest absolute Gasteiger partial charge is 0.0112 e. The van der Waals surface area contributed by atoms with Gasteiger partial charge >= 0.3 is 0 Å². The van der Waals surface area contributed by atoms with Crippen LogP contribution in [0.25, 0.3) is 0 Å². The van der Waals surface area contributed by atoms with Crippen LogP contribution in [0.3, 0.4) is 0 Å². The standard InChI is InChI=1S/C6H12S/c1-3-6(4-2)5-7/h3,7H,4-5H2,1-2H3. The zero-order valence-electron chi connectivity index (χ0n) is 4.94. The highest BCUT2D eigenvalue weighted by Crippen LogP contribution is 2.00. The van der Waals surface area contributed by atoms with Gasteiger partial charge in [0.05, 0.1) is 0 Å². The molecule has 0 aliphatic heterocycles. The number of thiol groups is 1. The van der Waals surface area contributed by atoms with E-state index in [1.165, 1.54) is 5.57 Å². The molecule has 0 aliphatic rings. The van der Waals surface area contributed by atoms with Crippen LogP contribution in [0.15, 0.2) is 11.6 Å². The minimum absolute atomic E-state index is 0.910. The van der Waals surface area contributed by atoms with Crippen LogP contribution >= 0.6 is 12.6 Å². The molecule has 0 nitrogen and oxygen atoms in total. The molecule has 0 fully saturated rings. The number of rotatable bonds is 2. The zero-order valence-corrected chi connectivity index (χ0v) is 5.83. The predicted octanol–water partition coefficient (Wildman–Crippen LogP) is 2.27. The van der Waals surface area contributed by atoms with E-state index in [0.717, 1.165) is 12.2 Å². The summed E-state index contributed by atoms with van der Waals surface area (Å²) in [5.41, 5.74) is 1.42. The Bertz CT molecular complexity index is 58.6. The van der Waals surface area contributed by atoms with Crippen molar-refractivity contribution in [2.45, 2.75) is 20.3 Å². The van der Waals surface area contributed by atoms with Crippen LogP contribution in [0.4, 0.5) is 0 Å². The summed E-state index contributed by atoms with van der Waals surface area (Å²) in [7, 11) is 0. The van der Waals surface area contributed by atoms with E-state index in [-0.39, 0.29) is 0 Å². The van der Waals surface area contributed by atoms with Gasteiger partial charge in [-0.3, -0.25) is 0 Å². The maximum atomic E-state index is 4.11. The zero-order chi connectivity index (χ0) is 5.70. The van der Waals surface area contributed by atoms with Crippen molar-refractivity contribution < 1.29 is 0 Å². The number of allylic oxidation sites excluding steroid dienone is 1. The summed E-state index contributed by atoms with van der Waals surface area (Å²) in [4.78, 5) is 0. The lowest BCUT2D eigenvalue weighted by molar-refractivity contribution is 1.10. The second-order valence-electron chi connectivity index (χ2n) is 1.46. The average Bonchev–Trinajstić information content (AvgIpc) is 1.72. The van der Waals surface area contributed by atoms with Gasteiger partial charge in [0.2, 0.25) is 0 Å². The van der Waals surface area contributed by atoms with Gasteiger partial charge in [-0.25, -0.2) is 0 Å². The minimum Gasteiger partial charge on any atom is -0.175 e. The molecular formula is C6H12S. The van der Waals surface area contributed by atoms with Crippen molar-refractivity contribution in [1.82, 2.24) is 0 Å². The fourth-order valence-corrected chi connectivity index (χ4v) is 0.813. The van der Waals surface area contributed by atoms with Crippen molar-refractivity contribution in [3.05, 3.63) is 11.6 Å². The molecule has 0 atom stereocenters. The molecule has 0 radical (unpaired) electrons. The monoisotopic (exact) mass is 116 g/mol. The Kier molecular flexibility index (Phi) is 4.31. The van der Waals surface area contributed by atoms with Crippen LogP contribution in [0.1, 0.15) is 20.3 Å². The summed E-state index contributed by atoms with van der Waals surface area (Å²) in [6.07, 6.45) is 3.26. The van der Waals surface area contributed by atoms with E-state index in [0.29, 0.717) is 0 Å². The summed E-state index contributed by atoms with van der Waals surface area (Å²) in [6.45, 7) is 4.20. The maximum absolute atomic E-state index is 4.11. The van der Waals surface area contributed by atoms with Gasteiger partial charge in [-0.2, -0.15) is 12.6 Å². The Balaban J connectivity index is 3.38. The predicted molar refractivity (Wildman–Crippen MR) is 37.9 cm³/mol. The number of hydrogen-bond acceptors (Lipinski definition) is 1. The van der Waals surface area contributed by atoms with E-state index in [9.17, 15) is 0 Å². The molecule has 0 spiro atoms. The maximum Gasteiger partial charge on any atom is 0.0112 e. The van der Waals surface area contributed by atoms with Gasteiger partial charge in [0.25, 0.3) is 0 Å². The van der Waals surface area contributed by atoms with Crippen molar-refractivity contribution in [1.29, 1.82) is 0 Å². The largest absolute Gasteiger partial charge is 0.175 e. The third kappa shape index (κ3) is 2.75. The van der Waals surface area contributed by atoms with Crippen LogP contribution < -0.4 is 0 Å². The van der Waals surface area contributed by atoms with Crippen molar-refractivity contribution in [2.75, 3.05) is 5.75 Å². The fraction of sp³-hybridized carbons (Fsp3) is 0.667. The molecule has 0 aromatic carbocycles. The summed E-state index contributed by atoms with van der Waals surface area (Å²) in [6, 6.07) is 0. The van der Waals surface area contributed by atoms with E-state index in [1.807, 2.05) is 0 Å². The van der Waals surface area contributed by atoms with Gasteiger partial charge in [0, 0.05) is 5.75 Å². The molecule has 0 aliphatic carbocycles. The van der Waals surface area contributed by atoms with E-state index in [1.54, 1.807) is 0 Å². The molecule has 0 bridgehead atoms. The highest BCUT2D eigenvalue weighted by Gasteiger charge is 1.82. The summed E-state index contributed by atoms with van der Waals surface area (Å²) in [5.74, 6) is 0.910. The summed E-state index contributed by atoms with van der Waals surface area (Å²) < 4.78 is 0. The molecule has 0 saturated carbocycles. The Morgan fingerprint density at radius 1 is 1.71 bits per heavy atom. The molecule has 0 saturated heterocycles. The average molecular weight is 116 g/mol. The Hall–Kier alpha value is 0.0900. The summed E-state index contributed by atoms with van der Waals surface area (Å²) in [5, 5.41) is 0. The SMILES string of the molecule is CC=C(CC)CS. The van der Waals surface area contributed by atoms with Crippen LogP contribution in [0.5, 0.6) is 0 Å². The van der Waals surface area contributed by atoms with Crippen LogP contribution in [-0.2, 0) is 0 Å². The van der Waals surface area contributed by atoms with E-state index < -0.39 is 0 Å². The second-order valence-corrected chi connectivity index (χ2v) is 1.77. The first-order valence-electron chi connectivity index (χ1n) is 2.60. The molecule has 0 N–H and O–H groups in total. The quantitative estimate of drug-likeness (QED) is 0.415. The Morgan fingerprint density at radius 3 is 2.29 bits per heavy atom. The molecule has 0 rings (SSSR count). The van der Waals surface area contributed by atoms with Crippen LogP contribution in [0, 0.1) is 0 Å². The fourth-order valence-electron chi connectivity index (χ4n) is 0.407. The van der Waals surface area contributed by atoms with Crippen LogP contribution in [0.2, 0.25) is 0 Å². The van der Waals surface area contributed by atoms with Gasteiger partial charge in [-0.1, -0.05) is 18.6 Å². The normalized spacial score (nSPS) is 12.1. The first kappa shape index (κ1) is 7.09. The molecule has 0 heterocycles. The molecular weight excluding hydrogens is 104 g/mol. The molecule has 42 valence electrons. The van der Waals surface area contributed by atoms with E-state index in [2.05, 4.69) is 32.6 Å². The minimum atomic E-state index is 0.910. The first-order valence-corrected chi connectivity index (χ1v) is 3.23. The van der Waals surface area contributed by atoms with E-state index >= 15 is 0 Å². The van der Waals surface area contributed by atoms with Gasteiger partial charge in [-0.05, 0) is 13.3 Å². The highest BCUT2D eigenvalue weighted by atomic mass is 32.1. The van der Waals surface area contributed by atoms with Crippen molar-refractivity contribution in [3.63, 3.8) is 0 Å². The topological polar surface area (TPSA) is 0 Å². The third-order valence-electron chi connectivity index (χ3n) is 1.07. The number of hydrogen-bond donors (Lipinski definition) is 1. The van der Waals surface area contributed by atoms with Gasteiger partial charge in [0.1, 0.15) is 0 Å². The van der Waals surface area contributed by atoms with Crippen molar-refractivity contribution in [3.8, 4) is 0 Å². The Morgan fingerprint density at radius 2 is 2.29 bits per heavy atom. The van der Waals surface area contributed by atoms with Gasteiger partial charge in [0.15, 0.2) is 0 Å². The molecule has 7 heavy (non-hydrogen) atoms. The molecule has 0 aromatic rings. The van der Waals surface area contributed by atoms with Crippen molar-refractivity contribution >= 4 is 12.6 Å². The molecule has 0 unspecified atom stereocenters. The molecule has 0 amide bonds. The lowest BCUT2D eigenvalue weighted by Crippen LogP contribution is -1.78. The molecule has 0 aromatic heterocycles. The molecule has 1 heteroatoms. The second kappa shape index (κ2) is 4.25. The lowest BCUT2D eigenvalue weighted by Gasteiger charge is -1.92. The van der Waals surface area contributed by atoms with Gasteiger partial charge < -0.3 is 0 Å². The highest BCUT2D eigenvalue weighted by molar-refractivity contribution is 7.80. The first-order chi connectivity index (χ1) is 3.35. The Labute approximate surface area is 51.0 Å². The third-order valence-corrected chi connectivity index (χ3v) is 1.47. The van der Waals surface area contributed by atoms with E-state index in [4.69, 9.17) is 0 Å². The van der Waals surface area contributed by atoms with Crippen LogP contribution in [-0.4, -0.2) is 5.75 Å².